The van der Waals surface area contributed by atoms with Crippen LogP contribution < -0.4 is 5.01 Å². The Morgan fingerprint density at radius 2 is 1.20 bits per heavy atom. The van der Waals surface area contributed by atoms with Gasteiger partial charge in [-0.3, -0.25) is 9.91 Å². The third-order valence-electron chi connectivity index (χ3n) is 10.2. The summed E-state index contributed by atoms with van der Waals surface area (Å²) in [6.07, 6.45) is 1.17. The molecule has 0 N–H and O–H groups in total. The molecule has 0 aromatic heterocycles. The van der Waals surface area contributed by atoms with E-state index in [1.54, 1.807) is 24.3 Å². The number of hydrogen-bond donors (Lipinski definition) is 0. The van der Waals surface area contributed by atoms with Crippen LogP contribution in [0.25, 0.3) is 0 Å². The number of anilines is 1. The molecule has 9 nitrogen and oxygen atoms in total. The highest BCUT2D eigenvalue weighted by Crippen LogP contribution is 2.57. The maximum Gasteiger partial charge on any atom is 0.180 e. The molecule has 0 saturated carbocycles. The Balaban J connectivity index is 0.878. The van der Waals surface area contributed by atoms with Gasteiger partial charge in [0.05, 0.1) is 81.3 Å². The normalized spacial score (nSPS) is 25.4. The molecule has 4 aromatic carbocycles. The summed E-state index contributed by atoms with van der Waals surface area (Å²) in [5.41, 5.74) is 4.93. The molecular formula is C41H49N3O6S. The minimum atomic E-state index is -3.35. The van der Waals surface area contributed by atoms with E-state index in [9.17, 15) is 8.42 Å². The summed E-state index contributed by atoms with van der Waals surface area (Å²) in [5, 5.41) is 5.16. The van der Waals surface area contributed by atoms with Gasteiger partial charge >= 0.3 is 0 Å². The molecule has 4 aliphatic heterocycles. The highest BCUT2D eigenvalue weighted by Gasteiger charge is 2.61. The Kier molecular flexibility index (Phi) is 11.5. The number of rotatable bonds is 18. The third-order valence-corrected chi connectivity index (χ3v) is 11.9. The number of hydrogen-bond acceptors (Lipinski definition) is 9. The molecular weight excluding hydrogens is 663 g/mol. The van der Waals surface area contributed by atoms with E-state index in [4.69, 9.17) is 18.9 Å². The molecule has 0 spiro atoms. The summed E-state index contributed by atoms with van der Waals surface area (Å²) < 4.78 is 48.2. The maximum absolute atomic E-state index is 12.4. The third kappa shape index (κ3) is 8.23. The fourth-order valence-corrected chi connectivity index (χ4v) is 9.11. The molecule has 51 heavy (non-hydrogen) atoms. The lowest BCUT2D eigenvalue weighted by molar-refractivity contribution is -0.204. The van der Waals surface area contributed by atoms with Crippen molar-refractivity contribution in [1.29, 1.82) is 0 Å². The molecule has 4 bridgehead atoms. The van der Waals surface area contributed by atoms with Gasteiger partial charge in [0, 0.05) is 18.5 Å². The minimum absolute atomic E-state index is 0.00902. The lowest BCUT2D eigenvalue weighted by Gasteiger charge is -2.70. The first-order valence-corrected chi connectivity index (χ1v) is 19.7. The number of nitrogens with zero attached hydrogens (tertiary/aromatic N) is 3. The smallest absolute Gasteiger partial charge is 0.180 e. The maximum atomic E-state index is 12.4. The molecule has 4 heterocycles. The van der Waals surface area contributed by atoms with Crippen molar-refractivity contribution in [1.82, 2.24) is 9.91 Å². The Morgan fingerprint density at radius 3 is 1.82 bits per heavy atom. The molecule has 270 valence electrons. The van der Waals surface area contributed by atoms with Gasteiger partial charge in [-0.05, 0) is 48.7 Å². The second-order valence-corrected chi connectivity index (χ2v) is 16.0. The van der Waals surface area contributed by atoms with Crippen LogP contribution in [0.5, 0.6) is 0 Å². The average molecular weight is 712 g/mol. The van der Waals surface area contributed by atoms with Crippen LogP contribution in [0.3, 0.4) is 0 Å². The van der Waals surface area contributed by atoms with E-state index in [1.165, 1.54) is 16.8 Å². The Bertz CT molecular complexity index is 1640. The van der Waals surface area contributed by atoms with Crippen LogP contribution in [-0.2, 0) is 28.8 Å². The van der Waals surface area contributed by atoms with Crippen molar-refractivity contribution in [2.24, 2.45) is 5.41 Å². The molecule has 4 saturated heterocycles. The van der Waals surface area contributed by atoms with Gasteiger partial charge in [0.1, 0.15) is 6.17 Å². The number of para-hydroxylation sites is 1. The fraction of sp³-hybridized carbons (Fsp3) is 0.415. The topological polar surface area (TPSA) is 80.8 Å². The highest BCUT2D eigenvalue weighted by molar-refractivity contribution is 7.91. The number of hydrazine groups is 1. The van der Waals surface area contributed by atoms with E-state index in [0.717, 1.165) is 25.1 Å². The summed E-state index contributed by atoms with van der Waals surface area (Å²) in [4.78, 5) is 3.04. The Labute approximate surface area is 302 Å². The zero-order chi connectivity index (χ0) is 35.1. The summed E-state index contributed by atoms with van der Waals surface area (Å²) >= 11 is 0. The molecule has 4 fully saturated rings. The van der Waals surface area contributed by atoms with Crippen molar-refractivity contribution in [3.63, 3.8) is 0 Å². The average Bonchev–Trinajstić information content (AvgIpc) is 3.15. The highest BCUT2D eigenvalue weighted by atomic mass is 32.2. The van der Waals surface area contributed by atoms with Gasteiger partial charge < -0.3 is 18.9 Å². The molecule has 8 rings (SSSR count). The molecule has 4 aliphatic rings. The van der Waals surface area contributed by atoms with Crippen LogP contribution in [0.1, 0.15) is 35.3 Å². The van der Waals surface area contributed by atoms with Gasteiger partial charge in [-0.15, -0.1) is 0 Å². The van der Waals surface area contributed by atoms with E-state index in [-0.39, 0.29) is 36.0 Å². The quantitative estimate of drug-likeness (QED) is 0.114. The van der Waals surface area contributed by atoms with Crippen molar-refractivity contribution in [2.75, 3.05) is 76.7 Å². The molecule has 6 unspecified atom stereocenters. The Morgan fingerprint density at radius 1 is 0.647 bits per heavy atom. The zero-order valence-corrected chi connectivity index (χ0v) is 30.2. The largest absolute Gasteiger partial charge is 0.378 e. The van der Waals surface area contributed by atoms with Gasteiger partial charge in [-0.2, -0.15) is 5.01 Å². The summed E-state index contributed by atoms with van der Waals surface area (Å²) in [6.45, 7) is 7.28. The molecule has 6 atom stereocenters. The van der Waals surface area contributed by atoms with E-state index in [2.05, 4.69) is 106 Å². The van der Waals surface area contributed by atoms with Crippen LogP contribution >= 0.6 is 0 Å². The fourth-order valence-electron chi connectivity index (χ4n) is 7.99. The van der Waals surface area contributed by atoms with E-state index < -0.39 is 9.84 Å². The van der Waals surface area contributed by atoms with Crippen molar-refractivity contribution in [3.05, 3.63) is 132 Å². The molecule has 4 aromatic rings. The van der Waals surface area contributed by atoms with Crippen LogP contribution in [0.15, 0.2) is 120 Å². The van der Waals surface area contributed by atoms with Crippen molar-refractivity contribution in [2.45, 2.75) is 36.5 Å². The van der Waals surface area contributed by atoms with Gasteiger partial charge in [0.25, 0.3) is 0 Å². The SMILES string of the molecule is Cc1ccc(S(=O)(=O)CCOCCOCCOCCOCC23CC4C(c5ccccc5)N(C2)C(c2ccccc2)N(C3)N4c2ccccc2)cc1. The minimum Gasteiger partial charge on any atom is -0.378 e. The van der Waals surface area contributed by atoms with E-state index in [0.29, 0.717) is 51.1 Å². The second-order valence-electron chi connectivity index (χ2n) is 13.9. The molecule has 0 radical (unpaired) electrons. The van der Waals surface area contributed by atoms with Gasteiger partial charge in [-0.1, -0.05) is 96.6 Å². The van der Waals surface area contributed by atoms with Gasteiger partial charge in [-0.25, -0.2) is 8.42 Å². The number of piperidine rings is 1. The van der Waals surface area contributed by atoms with Gasteiger partial charge in [0.2, 0.25) is 0 Å². The lowest BCUT2D eigenvalue weighted by Crippen LogP contribution is -2.77. The second kappa shape index (κ2) is 16.4. The lowest BCUT2D eigenvalue weighted by atomic mass is 9.69. The number of ether oxygens (including phenoxy) is 4. The number of aryl methyl sites for hydroxylation is 1. The van der Waals surface area contributed by atoms with Crippen LogP contribution in [0.4, 0.5) is 5.69 Å². The zero-order valence-electron chi connectivity index (χ0n) is 29.4. The summed E-state index contributed by atoms with van der Waals surface area (Å²) in [5.74, 6) is -0.0519. The van der Waals surface area contributed by atoms with E-state index >= 15 is 0 Å². The first kappa shape index (κ1) is 35.8. The monoisotopic (exact) mass is 711 g/mol. The van der Waals surface area contributed by atoms with Crippen LogP contribution in [0.2, 0.25) is 0 Å². The summed E-state index contributed by atoms with van der Waals surface area (Å²) in [6, 6.07) is 40.1. The number of sulfone groups is 1. The predicted molar refractivity (Wildman–Crippen MR) is 198 cm³/mol. The first-order valence-electron chi connectivity index (χ1n) is 18.0. The van der Waals surface area contributed by atoms with Crippen LogP contribution in [-0.4, -0.2) is 96.1 Å². The molecule has 10 heteroatoms. The molecule has 0 aliphatic carbocycles. The summed E-state index contributed by atoms with van der Waals surface area (Å²) in [7, 11) is -3.35. The first-order chi connectivity index (χ1) is 24.9. The van der Waals surface area contributed by atoms with E-state index in [1.807, 2.05) is 6.92 Å². The van der Waals surface area contributed by atoms with Gasteiger partial charge in [0.15, 0.2) is 9.84 Å². The van der Waals surface area contributed by atoms with Crippen molar-refractivity contribution >= 4 is 15.5 Å². The standard InChI is InChI=1S/C41H49N3O6S/c1-33-17-19-37(20-18-33)51(45,46)28-27-49-24-23-47-21-22-48-25-26-50-32-41-29-38-39(34-11-5-2-6-12-34)42(30-41)40(35-13-7-3-8-14-35)43(31-41)44(38)36-15-9-4-10-16-36/h2-20,38-40H,21-32H2,1H3. The number of benzene rings is 4. The Hall–Kier alpha value is -3.61. The van der Waals surface area contributed by atoms with Crippen LogP contribution in [0, 0.1) is 12.3 Å². The van der Waals surface area contributed by atoms with Crippen molar-refractivity contribution in [3.8, 4) is 0 Å². The predicted octanol–water partition coefficient (Wildman–Crippen LogP) is 6.09. The van der Waals surface area contributed by atoms with Crippen molar-refractivity contribution < 1.29 is 27.4 Å². The molecule has 0 amide bonds.